The topological polar surface area (TPSA) is 69.9 Å². The van der Waals surface area contributed by atoms with Crippen LogP contribution in [-0.4, -0.2) is 27.9 Å². The lowest BCUT2D eigenvalue weighted by Crippen LogP contribution is -2.50. The molecule has 0 aliphatic heterocycles. The zero-order chi connectivity index (χ0) is 21.1. The molecule has 0 unspecified atom stereocenters. The highest BCUT2D eigenvalue weighted by Crippen LogP contribution is 2.66. The molecule has 158 valence electrons. The van der Waals surface area contributed by atoms with Crippen molar-refractivity contribution in [3.05, 3.63) is 58.2 Å². The highest BCUT2D eigenvalue weighted by atomic mass is 16.4. The maximum Gasteiger partial charge on any atom is 0.156 e. The second-order valence-corrected chi connectivity index (χ2v) is 10.2. The van der Waals surface area contributed by atoms with Gasteiger partial charge in [0.1, 0.15) is 0 Å². The van der Waals surface area contributed by atoms with Crippen molar-refractivity contribution in [3.63, 3.8) is 0 Å². The second-order valence-electron chi connectivity index (χ2n) is 10.2. The van der Waals surface area contributed by atoms with Crippen LogP contribution in [0.1, 0.15) is 75.8 Å². The number of hydrogen-bond donors (Lipinski definition) is 2. The van der Waals surface area contributed by atoms with Crippen LogP contribution in [0.3, 0.4) is 0 Å². The Morgan fingerprint density at radius 1 is 1.10 bits per heavy atom. The summed E-state index contributed by atoms with van der Waals surface area (Å²) in [6.45, 7) is 4.35. The largest absolute Gasteiger partial charge is 0.411 e. The van der Waals surface area contributed by atoms with Gasteiger partial charge in [-0.1, -0.05) is 41.9 Å². The quantitative estimate of drug-likeness (QED) is 0.406. The number of oxime groups is 1. The third-order valence-electron chi connectivity index (χ3n) is 8.84. The fourth-order valence-corrected chi connectivity index (χ4v) is 7.06. The fourth-order valence-electron chi connectivity index (χ4n) is 7.06. The summed E-state index contributed by atoms with van der Waals surface area (Å²) in [6.07, 6.45) is 9.79. The van der Waals surface area contributed by atoms with Gasteiger partial charge in [-0.3, -0.25) is 4.79 Å². The number of allylic oxidation sites excluding steroid dienone is 4. The van der Waals surface area contributed by atoms with E-state index in [4.69, 9.17) is 5.21 Å². The molecule has 5 rings (SSSR count). The summed E-state index contributed by atoms with van der Waals surface area (Å²) in [5.74, 6) is 1.52. The van der Waals surface area contributed by atoms with Gasteiger partial charge < -0.3 is 10.3 Å². The van der Waals surface area contributed by atoms with E-state index in [2.05, 4.69) is 24.2 Å². The summed E-state index contributed by atoms with van der Waals surface area (Å²) < 4.78 is 0. The number of benzene rings is 1. The number of aliphatic hydroxyl groups is 1. The minimum Gasteiger partial charge on any atom is -0.411 e. The van der Waals surface area contributed by atoms with Crippen molar-refractivity contribution in [3.8, 4) is 0 Å². The van der Waals surface area contributed by atoms with Gasteiger partial charge in [-0.2, -0.15) is 0 Å². The van der Waals surface area contributed by atoms with Crippen LogP contribution in [0, 0.1) is 17.3 Å². The van der Waals surface area contributed by atoms with Crippen LogP contribution in [0.2, 0.25) is 0 Å². The SMILES string of the molecule is C[C@]1(O)CC[C@H]2[C@@H]3CCC4=CC(=O)CCC4=C3[C@@H](c3ccc(/C=N/O)cc3)C[C@@]21C. The molecule has 0 bridgehead atoms. The van der Waals surface area contributed by atoms with Gasteiger partial charge in [-0.05, 0) is 85.6 Å². The van der Waals surface area contributed by atoms with E-state index in [-0.39, 0.29) is 17.1 Å². The predicted octanol–water partition coefficient (Wildman–Crippen LogP) is 5.15. The summed E-state index contributed by atoms with van der Waals surface area (Å²) in [5, 5.41) is 23.3. The summed E-state index contributed by atoms with van der Waals surface area (Å²) in [4.78, 5) is 12.1. The van der Waals surface area contributed by atoms with E-state index >= 15 is 0 Å². The lowest BCUT2D eigenvalue weighted by molar-refractivity contribution is -0.114. The molecular weight excluding hydrogens is 374 g/mol. The monoisotopic (exact) mass is 405 g/mol. The van der Waals surface area contributed by atoms with Gasteiger partial charge in [0.05, 0.1) is 11.8 Å². The lowest BCUT2D eigenvalue weighted by atomic mass is 9.51. The van der Waals surface area contributed by atoms with Crippen molar-refractivity contribution < 1.29 is 15.1 Å². The Kier molecular flexibility index (Phi) is 4.55. The van der Waals surface area contributed by atoms with E-state index in [1.807, 2.05) is 25.1 Å². The van der Waals surface area contributed by atoms with Crippen molar-refractivity contribution in [1.82, 2.24) is 0 Å². The molecule has 4 heteroatoms. The van der Waals surface area contributed by atoms with Crippen molar-refractivity contribution >= 4 is 12.0 Å². The molecule has 5 atom stereocenters. The van der Waals surface area contributed by atoms with Crippen LogP contribution < -0.4 is 0 Å². The third kappa shape index (κ3) is 2.84. The van der Waals surface area contributed by atoms with Crippen LogP contribution in [0.4, 0.5) is 0 Å². The Balaban J connectivity index is 1.66. The number of rotatable bonds is 2. The van der Waals surface area contributed by atoms with Crippen molar-refractivity contribution in [2.75, 3.05) is 0 Å². The second kappa shape index (κ2) is 6.91. The lowest BCUT2D eigenvalue weighted by Gasteiger charge is -2.54. The summed E-state index contributed by atoms with van der Waals surface area (Å²) in [5.41, 5.74) is 5.63. The molecule has 0 amide bonds. The summed E-state index contributed by atoms with van der Waals surface area (Å²) in [7, 11) is 0. The minimum atomic E-state index is -0.645. The summed E-state index contributed by atoms with van der Waals surface area (Å²) >= 11 is 0. The van der Waals surface area contributed by atoms with Crippen LogP contribution >= 0.6 is 0 Å². The first-order valence-corrected chi connectivity index (χ1v) is 11.3. The normalized spacial score (nSPS) is 38.3. The molecule has 0 heterocycles. The van der Waals surface area contributed by atoms with Gasteiger partial charge >= 0.3 is 0 Å². The van der Waals surface area contributed by atoms with E-state index in [1.54, 1.807) is 5.57 Å². The van der Waals surface area contributed by atoms with Crippen molar-refractivity contribution in [2.45, 2.75) is 70.3 Å². The molecule has 2 saturated carbocycles. The Morgan fingerprint density at radius 3 is 2.60 bits per heavy atom. The average molecular weight is 406 g/mol. The third-order valence-corrected chi connectivity index (χ3v) is 8.84. The molecule has 4 aliphatic carbocycles. The van der Waals surface area contributed by atoms with Crippen molar-refractivity contribution in [2.24, 2.45) is 22.4 Å². The molecule has 0 radical (unpaired) electrons. The first-order valence-electron chi connectivity index (χ1n) is 11.3. The number of nitrogens with zero attached hydrogens (tertiary/aromatic N) is 1. The summed E-state index contributed by atoms with van der Waals surface area (Å²) in [6, 6.07) is 8.29. The predicted molar refractivity (Wildman–Crippen MR) is 117 cm³/mol. The molecule has 4 aliphatic rings. The Bertz CT molecular complexity index is 968. The first kappa shape index (κ1) is 19.7. The van der Waals surface area contributed by atoms with Crippen LogP contribution in [-0.2, 0) is 4.79 Å². The highest BCUT2D eigenvalue weighted by molar-refractivity contribution is 5.93. The van der Waals surface area contributed by atoms with Crippen LogP contribution in [0.25, 0.3) is 0 Å². The molecule has 30 heavy (non-hydrogen) atoms. The van der Waals surface area contributed by atoms with Gasteiger partial charge in [-0.15, -0.1) is 0 Å². The zero-order valence-electron chi connectivity index (χ0n) is 17.9. The average Bonchev–Trinajstić information content (AvgIpc) is 2.97. The Labute approximate surface area is 178 Å². The van der Waals surface area contributed by atoms with Gasteiger partial charge in [0.2, 0.25) is 0 Å². The Hall–Kier alpha value is -2.20. The molecule has 1 aromatic carbocycles. The zero-order valence-corrected chi connectivity index (χ0v) is 17.9. The van der Waals surface area contributed by atoms with E-state index in [1.165, 1.54) is 22.9 Å². The number of carbonyl (C=O) groups is 1. The van der Waals surface area contributed by atoms with Gasteiger partial charge in [0.25, 0.3) is 0 Å². The maximum atomic E-state index is 12.1. The van der Waals surface area contributed by atoms with Gasteiger partial charge in [0.15, 0.2) is 5.78 Å². The van der Waals surface area contributed by atoms with Crippen molar-refractivity contribution in [1.29, 1.82) is 0 Å². The molecule has 1 aromatic rings. The molecule has 0 spiro atoms. The highest BCUT2D eigenvalue weighted by Gasteiger charge is 2.60. The molecule has 2 fully saturated rings. The van der Waals surface area contributed by atoms with E-state index < -0.39 is 5.60 Å². The number of carbonyl (C=O) groups excluding carboxylic acids is 1. The molecule has 0 aromatic heterocycles. The van der Waals surface area contributed by atoms with Crippen LogP contribution in [0.15, 0.2) is 52.2 Å². The smallest absolute Gasteiger partial charge is 0.156 e. The minimum absolute atomic E-state index is 0.108. The maximum absolute atomic E-state index is 12.1. The number of hydrogen-bond acceptors (Lipinski definition) is 4. The number of fused-ring (bicyclic) bond motifs is 4. The van der Waals surface area contributed by atoms with E-state index in [0.717, 1.165) is 44.1 Å². The molecule has 2 N–H and O–H groups in total. The van der Waals surface area contributed by atoms with E-state index in [9.17, 15) is 9.90 Å². The molecule has 0 saturated heterocycles. The van der Waals surface area contributed by atoms with Gasteiger partial charge in [0, 0.05) is 17.8 Å². The van der Waals surface area contributed by atoms with E-state index in [0.29, 0.717) is 18.3 Å². The van der Waals surface area contributed by atoms with Gasteiger partial charge in [-0.25, -0.2) is 0 Å². The standard InChI is InChI=1S/C26H31NO3/c1-25-14-22(17-5-3-16(4-6-17)15-27-30)24-20-10-8-19(28)13-18(20)7-9-21(24)23(25)11-12-26(25,2)29/h3-6,13,15,21-23,29-30H,7-12,14H2,1-2H3/b27-15+/t21-,22+,23-,25-,26-/m0/s1. The number of ketones is 1. The van der Waals surface area contributed by atoms with Crippen LogP contribution in [0.5, 0.6) is 0 Å². The first-order chi connectivity index (χ1) is 14.3. The Morgan fingerprint density at radius 2 is 1.87 bits per heavy atom. The molecular formula is C26H31NO3. The fraction of sp³-hybridized carbons (Fsp3) is 0.538. The molecule has 4 nitrogen and oxygen atoms in total.